The van der Waals surface area contributed by atoms with Gasteiger partial charge < -0.3 is 0 Å². The Morgan fingerprint density at radius 3 is 1.22 bits per heavy atom. The zero-order valence-corrected chi connectivity index (χ0v) is 13.3. The minimum atomic E-state index is 0.170. The first-order chi connectivity index (χ1) is 8.24. The lowest BCUT2D eigenvalue weighted by molar-refractivity contribution is 0.562. The molecule has 100 valence electrons. The van der Waals surface area contributed by atoms with Crippen molar-refractivity contribution in [2.45, 2.75) is 66.2 Å². The molecule has 2 rings (SSSR count). The van der Waals surface area contributed by atoms with Crippen LogP contribution in [0, 0.1) is 13.8 Å². The number of aryl methyl sites for hydroxylation is 2. The standard InChI is InChI=1S/C16H22.C2H6/c1-11-9-13-14(10-12(11)2)16(5,6)8-7-15(13,3)4;1-2/h7-10H,1-6H3;1-2H3. The highest BCUT2D eigenvalue weighted by atomic mass is 14.4. The predicted molar refractivity (Wildman–Crippen MR) is 82.5 cm³/mol. The van der Waals surface area contributed by atoms with Crippen molar-refractivity contribution >= 4 is 0 Å². The van der Waals surface area contributed by atoms with Gasteiger partial charge in [-0.05, 0) is 36.1 Å². The quantitative estimate of drug-likeness (QED) is 0.532. The number of rotatable bonds is 0. The average Bonchev–Trinajstić information content (AvgIpc) is 2.31. The van der Waals surface area contributed by atoms with Crippen LogP contribution < -0.4 is 0 Å². The Morgan fingerprint density at radius 2 is 0.944 bits per heavy atom. The summed E-state index contributed by atoms with van der Waals surface area (Å²) in [7, 11) is 0. The van der Waals surface area contributed by atoms with Crippen LogP contribution in [0.2, 0.25) is 0 Å². The van der Waals surface area contributed by atoms with E-state index in [4.69, 9.17) is 0 Å². The van der Waals surface area contributed by atoms with Gasteiger partial charge in [-0.25, -0.2) is 0 Å². The number of allylic oxidation sites excluding steroid dienone is 2. The zero-order valence-electron chi connectivity index (χ0n) is 13.3. The molecule has 0 saturated heterocycles. The number of fused-ring (bicyclic) bond motifs is 1. The molecule has 0 unspecified atom stereocenters. The third-order valence-electron chi connectivity index (χ3n) is 3.94. The summed E-state index contributed by atoms with van der Waals surface area (Å²) in [5.74, 6) is 0. The van der Waals surface area contributed by atoms with Gasteiger partial charge in [0, 0.05) is 10.8 Å². The summed E-state index contributed by atoms with van der Waals surface area (Å²) < 4.78 is 0. The molecular weight excluding hydrogens is 216 g/mol. The SMILES string of the molecule is CC.Cc1cc2c(cc1C)C(C)(C)C=CC2(C)C. The summed E-state index contributed by atoms with van der Waals surface area (Å²) in [6, 6.07) is 4.74. The first-order valence-corrected chi connectivity index (χ1v) is 7.07. The number of hydrogen-bond acceptors (Lipinski definition) is 0. The highest BCUT2D eigenvalue weighted by molar-refractivity contribution is 5.51. The van der Waals surface area contributed by atoms with Gasteiger partial charge in [-0.15, -0.1) is 0 Å². The minimum Gasteiger partial charge on any atom is -0.0776 e. The van der Waals surface area contributed by atoms with Gasteiger partial charge in [-0.2, -0.15) is 0 Å². The lowest BCUT2D eigenvalue weighted by atomic mass is 9.67. The van der Waals surface area contributed by atoms with E-state index >= 15 is 0 Å². The van der Waals surface area contributed by atoms with Crippen molar-refractivity contribution < 1.29 is 0 Å². The van der Waals surface area contributed by atoms with E-state index in [2.05, 4.69) is 65.8 Å². The van der Waals surface area contributed by atoms with Crippen molar-refractivity contribution in [2.24, 2.45) is 0 Å². The molecule has 1 aromatic carbocycles. The van der Waals surface area contributed by atoms with Gasteiger partial charge in [-0.3, -0.25) is 0 Å². The Morgan fingerprint density at radius 1 is 0.667 bits per heavy atom. The van der Waals surface area contributed by atoms with E-state index < -0.39 is 0 Å². The molecule has 0 bridgehead atoms. The Bertz CT molecular complexity index is 416. The van der Waals surface area contributed by atoms with Gasteiger partial charge >= 0.3 is 0 Å². The Hall–Kier alpha value is -1.04. The van der Waals surface area contributed by atoms with Gasteiger partial charge in [-0.1, -0.05) is 65.8 Å². The van der Waals surface area contributed by atoms with Crippen LogP contribution in [-0.4, -0.2) is 0 Å². The van der Waals surface area contributed by atoms with Gasteiger partial charge in [0.2, 0.25) is 0 Å². The van der Waals surface area contributed by atoms with Crippen LogP contribution in [0.4, 0.5) is 0 Å². The van der Waals surface area contributed by atoms with E-state index in [1.165, 1.54) is 22.3 Å². The molecule has 0 spiro atoms. The molecule has 0 saturated carbocycles. The third-order valence-corrected chi connectivity index (χ3v) is 3.94. The topological polar surface area (TPSA) is 0 Å². The summed E-state index contributed by atoms with van der Waals surface area (Å²) in [4.78, 5) is 0. The van der Waals surface area contributed by atoms with Crippen molar-refractivity contribution in [1.82, 2.24) is 0 Å². The van der Waals surface area contributed by atoms with E-state index in [1.54, 1.807) is 0 Å². The van der Waals surface area contributed by atoms with Gasteiger partial charge in [0.25, 0.3) is 0 Å². The number of hydrogen-bond donors (Lipinski definition) is 0. The molecule has 1 aliphatic rings. The van der Waals surface area contributed by atoms with Crippen LogP contribution >= 0.6 is 0 Å². The largest absolute Gasteiger partial charge is 0.0776 e. The Balaban J connectivity index is 0.000000771. The normalized spacial score (nSPS) is 18.7. The molecule has 0 amide bonds. The van der Waals surface area contributed by atoms with E-state index in [0.29, 0.717) is 0 Å². The summed E-state index contributed by atoms with van der Waals surface area (Å²) in [5.41, 5.74) is 6.12. The second kappa shape index (κ2) is 4.91. The fourth-order valence-electron chi connectivity index (χ4n) is 2.48. The van der Waals surface area contributed by atoms with Crippen molar-refractivity contribution in [1.29, 1.82) is 0 Å². The summed E-state index contributed by atoms with van der Waals surface area (Å²) in [5, 5.41) is 0. The third kappa shape index (κ3) is 2.53. The van der Waals surface area contributed by atoms with Crippen molar-refractivity contribution in [2.75, 3.05) is 0 Å². The lowest BCUT2D eigenvalue weighted by Crippen LogP contribution is -2.29. The molecule has 0 aliphatic heterocycles. The molecule has 0 atom stereocenters. The van der Waals surface area contributed by atoms with Gasteiger partial charge in [0.15, 0.2) is 0 Å². The van der Waals surface area contributed by atoms with E-state index in [1.807, 2.05) is 13.8 Å². The van der Waals surface area contributed by atoms with Crippen molar-refractivity contribution in [3.05, 3.63) is 46.5 Å². The molecule has 1 aromatic rings. The molecule has 1 aliphatic carbocycles. The number of benzene rings is 1. The first-order valence-electron chi connectivity index (χ1n) is 7.07. The van der Waals surface area contributed by atoms with E-state index in [9.17, 15) is 0 Å². The molecule has 0 nitrogen and oxygen atoms in total. The maximum atomic E-state index is 2.37. The highest BCUT2D eigenvalue weighted by Gasteiger charge is 2.32. The Kier molecular flexibility index (Phi) is 4.10. The first kappa shape index (κ1) is 15.0. The average molecular weight is 244 g/mol. The van der Waals surface area contributed by atoms with Crippen LogP contribution in [0.25, 0.3) is 0 Å². The highest BCUT2D eigenvalue weighted by Crippen LogP contribution is 2.41. The summed E-state index contributed by atoms with van der Waals surface area (Å²) >= 11 is 0. The summed E-state index contributed by atoms with van der Waals surface area (Å²) in [6.07, 6.45) is 4.70. The lowest BCUT2D eigenvalue weighted by Gasteiger charge is -2.37. The molecule has 0 heterocycles. The maximum Gasteiger partial charge on any atom is 0.00787 e. The second-order valence-electron chi connectivity index (χ2n) is 6.26. The molecule has 0 radical (unpaired) electrons. The minimum absolute atomic E-state index is 0.170. The fraction of sp³-hybridized carbons (Fsp3) is 0.556. The van der Waals surface area contributed by atoms with Gasteiger partial charge in [0.05, 0.1) is 0 Å². The van der Waals surface area contributed by atoms with E-state index in [-0.39, 0.29) is 10.8 Å². The van der Waals surface area contributed by atoms with Crippen molar-refractivity contribution in [3.8, 4) is 0 Å². The maximum absolute atomic E-state index is 2.37. The van der Waals surface area contributed by atoms with Crippen LogP contribution in [0.3, 0.4) is 0 Å². The van der Waals surface area contributed by atoms with Crippen molar-refractivity contribution in [3.63, 3.8) is 0 Å². The van der Waals surface area contributed by atoms with Crippen LogP contribution in [0.15, 0.2) is 24.3 Å². The Labute approximate surface area is 113 Å². The predicted octanol–water partition coefficient (Wildman–Crippen LogP) is 5.45. The summed E-state index contributed by atoms with van der Waals surface area (Å²) in [6.45, 7) is 17.6. The molecule has 0 N–H and O–H groups in total. The van der Waals surface area contributed by atoms with Crippen LogP contribution in [0.5, 0.6) is 0 Å². The molecular formula is C18H28. The molecule has 18 heavy (non-hydrogen) atoms. The monoisotopic (exact) mass is 244 g/mol. The molecule has 0 heteroatoms. The zero-order chi connectivity index (χ0) is 14.1. The fourth-order valence-corrected chi connectivity index (χ4v) is 2.48. The molecule has 0 aromatic heterocycles. The second-order valence-corrected chi connectivity index (χ2v) is 6.26. The van der Waals surface area contributed by atoms with Crippen LogP contribution in [-0.2, 0) is 10.8 Å². The van der Waals surface area contributed by atoms with E-state index in [0.717, 1.165) is 0 Å². The molecule has 0 fully saturated rings. The van der Waals surface area contributed by atoms with Crippen LogP contribution in [0.1, 0.15) is 63.8 Å². The van der Waals surface area contributed by atoms with Gasteiger partial charge in [0.1, 0.15) is 0 Å². The smallest absolute Gasteiger partial charge is 0.00787 e.